The molecule has 2 N–H and O–H groups in total. The molecule has 0 saturated heterocycles. The van der Waals surface area contributed by atoms with Crippen LogP contribution in [0, 0.1) is 17.4 Å². The van der Waals surface area contributed by atoms with Gasteiger partial charge in [-0.1, -0.05) is 18.2 Å². The summed E-state index contributed by atoms with van der Waals surface area (Å²) in [5.41, 5.74) is 9.88. The van der Waals surface area contributed by atoms with Gasteiger partial charge in [-0.15, -0.1) is 11.3 Å². The first kappa shape index (κ1) is 15.3. The molecule has 0 aliphatic rings. The number of nitrogens with two attached hydrogens (primary N) is 1. The van der Waals surface area contributed by atoms with Crippen molar-refractivity contribution in [3.63, 3.8) is 0 Å². The van der Waals surface area contributed by atoms with Crippen molar-refractivity contribution >= 4 is 45.6 Å². The second-order valence-corrected chi connectivity index (χ2v) is 6.56. The summed E-state index contributed by atoms with van der Waals surface area (Å²) in [5, 5.41) is 0. The number of nitrogen functional groups attached to an aromatic ring is 1. The number of benzene rings is 1. The molecule has 0 aliphatic heterocycles. The minimum absolute atomic E-state index is 0.341. The van der Waals surface area contributed by atoms with E-state index in [0.29, 0.717) is 17.2 Å². The Morgan fingerprint density at radius 1 is 1.40 bits per heavy atom. The predicted molar refractivity (Wildman–Crippen MR) is 92.3 cm³/mol. The van der Waals surface area contributed by atoms with Crippen LogP contribution in [-0.2, 0) is 4.74 Å². The van der Waals surface area contributed by atoms with Crippen LogP contribution in [0.25, 0.3) is 10.4 Å². The van der Waals surface area contributed by atoms with E-state index in [0.717, 1.165) is 16.0 Å². The van der Waals surface area contributed by atoms with E-state index >= 15 is 0 Å². The number of halogens is 1. The number of ether oxygens (including phenoxy) is 1. The highest BCUT2D eigenvalue weighted by Gasteiger charge is 2.21. The summed E-state index contributed by atoms with van der Waals surface area (Å²) in [4.78, 5) is 13.5. The van der Waals surface area contributed by atoms with E-state index in [4.69, 9.17) is 10.5 Å². The topological polar surface area (TPSA) is 52.3 Å². The predicted octanol–water partition coefficient (Wildman–Crippen LogP) is 4.40. The van der Waals surface area contributed by atoms with Crippen molar-refractivity contribution < 1.29 is 9.53 Å². The molecule has 0 spiro atoms. The second-order valence-electron chi connectivity index (χ2n) is 4.46. The Labute approximate surface area is 136 Å². The fourth-order valence-corrected chi connectivity index (χ4v) is 3.92. The molecule has 0 amide bonds. The van der Waals surface area contributed by atoms with E-state index in [1.807, 2.05) is 13.0 Å². The van der Waals surface area contributed by atoms with Gasteiger partial charge in [0.05, 0.1) is 12.3 Å². The van der Waals surface area contributed by atoms with Crippen molar-refractivity contribution in [2.45, 2.75) is 20.8 Å². The van der Waals surface area contributed by atoms with Crippen molar-refractivity contribution in [2.75, 3.05) is 12.3 Å². The molecule has 1 heterocycles. The van der Waals surface area contributed by atoms with Gasteiger partial charge in [0.25, 0.3) is 0 Å². The molecule has 0 aliphatic carbocycles. The van der Waals surface area contributed by atoms with Crippen LogP contribution in [0.5, 0.6) is 0 Å². The average molecular weight is 401 g/mol. The first-order valence-corrected chi connectivity index (χ1v) is 8.18. The van der Waals surface area contributed by atoms with E-state index in [1.165, 1.54) is 20.5 Å². The Balaban J connectivity index is 2.56. The lowest BCUT2D eigenvalue weighted by atomic mass is 10.1. The number of rotatable bonds is 3. The van der Waals surface area contributed by atoms with Crippen LogP contribution in [0.4, 0.5) is 5.69 Å². The lowest BCUT2D eigenvalue weighted by Gasteiger charge is -2.06. The summed E-state index contributed by atoms with van der Waals surface area (Å²) in [6, 6.07) is 6.15. The van der Waals surface area contributed by atoms with Gasteiger partial charge in [0.15, 0.2) is 0 Å². The van der Waals surface area contributed by atoms with E-state index in [-0.39, 0.29) is 5.97 Å². The summed E-state index contributed by atoms with van der Waals surface area (Å²) >= 11 is 3.74. The molecule has 0 bridgehead atoms. The quantitative estimate of drug-likeness (QED) is 0.613. The Morgan fingerprint density at radius 3 is 2.75 bits per heavy atom. The van der Waals surface area contributed by atoms with E-state index in [1.54, 1.807) is 6.92 Å². The molecule has 0 radical (unpaired) electrons. The van der Waals surface area contributed by atoms with Gasteiger partial charge < -0.3 is 10.5 Å². The number of esters is 1. The standard InChI is InChI=1S/C15H16INO2S/c1-4-19-15(18)14-12(17)9(3)13(20-14)10-7-5-6-8(2)11(10)16/h5-7H,4,17H2,1-3H3. The van der Waals surface area contributed by atoms with Gasteiger partial charge in [0, 0.05) is 14.0 Å². The van der Waals surface area contributed by atoms with Gasteiger partial charge in [-0.25, -0.2) is 4.79 Å². The monoisotopic (exact) mass is 401 g/mol. The van der Waals surface area contributed by atoms with Crippen molar-refractivity contribution in [3.8, 4) is 10.4 Å². The molecule has 1 aromatic carbocycles. The maximum Gasteiger partial charge on any atom is 0.350 e. The van der Waals surface area contributed by atoms with Crippen molar-refractivity contribution in [1.29, 1.82) is 0 Å². The van der Waals surface area contributed by atoms with Crippen LogP contribution in [0.3, 0.4) is 0 Å². The molecule has 20 heavy (non-hydrogen) atoms. The molecule has 2 rings (SSSR count). The normalized spacial score (nSPS) is 10.6. The SMILES string of the molecule is CCOC(=O)c1sc(-c2cccc(C)c2I)c(C)c1N. The average Bonchev–Trinajstić information content (AvgIpc) is 2.70. The smallest absolute Gasteiger partial charge is 0.350 e. The zero-order valence-corrected chi connectivity index (χ0v) is 14.6. The number of carbonyl (C=O) groups is 1. The lowest BCUT2D eigenvalue weighted by Crippen LogP contribution is -2.05. The summed E-state index contributed by atoms with van der Waals surface area (Å²) in [6.07, 6.45) is 0. The molecule has 3 nitrogen and oxygen atoms in total. The highest BCUT2D eigenvalue weighted by atomic mass is 127. The summed E-state index contributed by atoms with van der Waals surface area (Å²) in [6.45, 7) is 6.16. The Morgan fingerprint density at radius 2 is 2.10 bits per heavy atom. The number of hydrogen-bond acceptors (Lipinski definition) is 4. The van der Waals surface area contributed by atoms with Gasteiger partial charge in [-0.05, 0) is 54.5 Å². The molecule has 0 atom stereocenters. The van der Waals surface area contributed by atoms with Gasteiger partial charge in [0.2, 0.25) is 0 Å². The Hall–Kier alpha value is -1.08. The van der Waals surface area contributed by atoms with Gasteiger partial charge in [0.1, 0.15) is 4.88 Å². The maximum absolute atomic E-state index is 11.9. The summed E-state index contributed by atoms with van der Waals surface area (Å²) in [7, 11) is 0. The van der Waals surface area contributed by atoms with Gasteiger partial charge in [-0.3, -0.25) is 0 Å². The highest BCUT2D eigenvalue weighted by molar-refractivity contribution is 14.1. The molecule has 0 fully saturated rings. The number of carbonyl (C=O) groups excluding carboxylic acids is 1. The third-order valence-corrected chi connectivity index (χ3v) is 5.84. The third-order valence-electron chi connectivity index (χ3n) is 3.09. The van der Waals surface area contributed by atoms with Crippen LogP contribution in [0.15, 0.2) is 18.2 Å². The second kappa shape index (κ2) is 6.13. The number of hydrogen-bond donors (Lipinski definition) is 1. The van der Waals surface area contributed by atoms with E-state index in [2.05, 4.69) is 41.6 Å². The zero-order chi connectivity index (χ0) is 14.9. The first-order chi connectivity index (χ1) is 9.47. The van der Waals surface area contributed by atoms with Crippen molar-refractivity contribution in [2.24, 2.45) is 0 Å². The summed E-state index contributed by atoms with van der Waals surface area (Å²) in [5.74, 6) is -0.341. The number of thiophene rings is 1. The molecular weight excluding hydrogens is 385 g/mol. The van der Waals surface area contributed by atoms with Crippen LogP contribution in [0.2, 0.25) is 0 Å². The van der Waals surface area contributed by atoms with Crippen LogP contribution in [0.1, 0.15) is 27.7 Å². The van der Waals surface area contributed by atoms with E-state index in [9.17, 15) is 4.79 Å². The van der Waals surface area contributed by atoms with Crippen LogP contribution < -0.4 is 5.73 Å². The fourth-order valence-electron chi connectivity index (χ4n) is 1.95. The van der Waals surface area contributed by atoms with Crippen molar-refractivity contribution in [3.05, 3.63) is 37.8 Å². The molecule has 1 aromatic heterocycles. The highest BCUT2D eigenvalue weighted by Crippen LogP contribution is 2.40. The first-order valence-electron chi connectivity index (χ1n) is 6.28. The molecular formula is C15H16INO2S. The zero-order valence-electron chi connectivity index (χ0n) is 11.6. The Kier molecular flexibility index (Phi) is 4.70. The van der Waals surface area contributed by atoms with E-state index < -0.39 is 0 Å². The molecule has 106 valence electrons. The fraction of sp³-hybridized carbons (Fsp3) is 0.267. The maximum atomic E-state index is 11.9. The lowest BCUT2D eigenvalue weighted by molar-refractivity contribution is 0.0533. The van der Waals surface area contributed by atoms with Gasteiger partial charge in [-0.2, -0.15) is 0 Å². The van der Waals surface area contributed by atoms with Crippen LogP contribution in [-0.4, -0.2) is 12.6 Å². The molecule has 2 aromatic rings. The minimum Gasteiger partial charge on any atom is -0.462 e. The minimum atomic E-state index is -0.341. The summed E-state index contributed by atoms with van der Waals surface area (Å²) < 4.78 is 6.24. The Bertz CT molecular complexity index is 664. The van der Waals surface area contributed by atoms with Crippen molar-refractivity contribution in [1.82, 2.24) is 0 Å². The number of aryl methyl sites for hydroxylation is 1. The third kappa shape index (κ3) is 2.69. The van der Waals surface area contributed by atoms with Crippen LogP contribution >= 0.6 is 33.9 Å². The molecule has 5 heteroatoms. The number of anilines is 1. The molecule has 0 saturated carbocycles. The van der Waals surface area contributed by atoms with Gasteiger partial charge >= 0.3 is 5.97 Å². The molecule has 0 unspecified atom stereocenters. The largest absolute Gasteiger partial charge is 0.462 e.